The van der Waals surface area contributed by atoms with Gasteiger partial charge in [-0.2, -0.15) is 0 Å². The summed E-state index contributed by atoms with van der Waals surface area (Å²) in [7, 11) is 0. The van der Waals surface area contributed by atoms with Gasteiger partial charge in [0.05, 0.1) is 6.54 Å². The van der Waals surface area contributed by atoms with Crippen LogP contribution in [0.2, 0.25) is 0 Å². The van der Waals surface area contributed by atoms with E-state index in [4.69, 9.17) is 17.3 Å². The summed E-state index contributed by atoms with van der Waals surface area (Å²) in [6.07, 6.45) is 0. The van der Waals surface area contributed by atoms with Crippen molar-refractivity contribution in [2.45, 2.75) is 26.3 Å². The van der Waals surface area contributed by atoms with Crippen molar-refractivity contribution in [3.05, 3.63) is 16.5 Å². The molecule has 0 aliphatic heterocycles. The first kappa shape index (κ1) is 14.8. The van der Waals surface area contributed by atoms with E-state index in [1.807, 2.05) is 20.8 Å². The SMILES string of the molecule is C=C(Cl)CNC(=O)c1sc(NC(C)(C)C)nc1N. The molecule has 0 unspecified atom stereocenters. The summed E-state index contributed by atoms with van der Waals surface area (Å²) < 4.78 is 0. The van der Waals surface area contributed by atoms with E-state index >= 15 is 0 Å². The molecule has 0 bridgehead atoms. The molecule has 0 fully saturated rings. The van der Waals surface area contributed by atoms with E-state index in [1.54, 1.807) is 0 Å². The highest BCUT2D eigenvalue weighted by atomic mass is 35.5. The van der Waals surface area contributed by atoms with Crippen molar-refractivity contribution in [1.82, 2.24) is 10.3 Å². The van der Waals surface area contributed by atoms with Gasteiger partial charge >= 0.3 is 0 Å². The summed E-state index contributed by atoms with van der Waals surface area (Å²) in [6, 6.07) is 0. The molecule has 1 aromatic rings. The van der Waals surface area contributed by atoms with Gasteiger partial charge in [-0.1, -0.05) is 29.5 Å². The minimum Gasteiger partial charge on any atom is -0.382 e. The van der Waals surface area contributed by atoms with Crippen molar-refractivity contribution in [2.75, 3.05) is 17.6 Å². The predicted octanol–water partition coefficient (Wildman–Crippen LogP) is 2.42. The zero-order valence-corrected chi connectivity index (χ0v) is 12.2. The van der Waals surface area contributed by atoms with Crippen LogP contribution in [0, 0.1) is 0 Å². The molecule has 0 saturated heterocycles. The Balaban J connectivity index is 2.78. The van der Waals surface area contributed by atoms with E-state index in [2.05, 4.69) is 22.2 Å². The standard InChI is InChI=1S/C11H17ClN4OS/c1-6(12)5-14-9(17)7-8(13)15-10(18-7)16-11(2,3)4/h1,5,13H2,2-4H3,(H,14,17)(H,15,16). The van der Waals surface area contributed by atoms with Gasteiger partial charge < -0.3 is 16.4 Å². The molecule has 5 nitrogen and oxygen atoms in total. The molecule has 1 aromatic heterocycles. The second-order valence-electron chi connectivity index (χ2n) is 4.81. The lowest BCUT2D eigenvalue weighted by Gasteiger charge is -2.19. The minimum absolute atomic E-state index is 0.136. The second-order valence-corrected chi connectivity index (χ2v) is 6.34. The Labute approximate surface area is 115 Å². The maximum absolute atomic E-state index is 11.8. The first-order valence-electron chi connectivity index (χ1n) is 5.35. The van der Waals surface area contributed by atoms with Crippen LogP contribution >= 0.6 is 22.9 Å². The zero-order chi connectivity index (χ0) is 13.9. The van der Waals surface area contributed by atoms with Crippen molar-refractivity contribution in [1.29, 1.82) is 0 Å². The summed E-state index contributed by atoms with van der Waals surface area (Å²) in [6.45, 7) is 9.71. The lowest BCUT2D eigenvalue weighted by molar-refractivity contribution is 0.0962. The average Bonchev–Trinajstić information content (AvgIpc) is 2.53. The number of amides is 1. The van der Waals surface area contributed by atoms with Crippen LogP contribution in [0.15, 0.2) is 11.6 Å². The highest BCUT2D eigenvalue weighted by molar-refractivity contribution is 7.18. The normalized spacial score (nSPS) is 11.1. The predicted molar refractivity (Wildman–Crippen MR) is 77.2 cm³/mol. The number of nitrogen functional groups attached to an aromatic ring is 1. The van der Waals surface area contributed by atoms with Crippen molar-refractivity contribution in [3.8, 4) is 0 Å². The van der Waals surface area contributed by atoms with Gasteiger partial charge in [-0.05, 0) is 20.8 Å². The third-order valence-electron chi connectivity index (χ3n) is 1.78. The van der Waals surface area contributed by atoms with Crippen LogP contribution in [0.1, 0.15) is 30.4 Å². The fourth-order valence-corrected chi connectivity index (χ4v) is 2.20. The van der Waals surface area contributed by atoms with E-state index in [9.17, 15) is 4.79 Å². The van der Waals surface area contributed by atoms with Gasteiger partial charge in [0.15, 0.2) is 5.13 Å². The van der Waals surface area contributed by atoms with Gasteiger partial charge in [0, 0.05) is 10.6 Å². The summed E-state index contributed by atoms with van der Waals surface area (Å²) in [5.74, 6) is -0.0850. The van der Waals surface area contributed by atoms with E-state index in [0.29, 0.717) is 15.0 Å². The Bertz CT molecular complexity index is 464. The molecule has 4 N–H and O–H groups in total. The van der Waals surface area contributed by atoms with Crippen LogP contribution in [0.25, 0.3) is 0 Å². The summed E-state index contributed by atoms with van der Waals surface area (Å²) in [4.78, 5) is 16.3. The topological polar surface area (TPSA) is 80.0 Å². The molecule has 1 heterocycles. The molecule has 0 saturated carbocycles. The van der Waals surface area contributed by atoms with Crippen LogP contribution < -0.4 is 16.4 Å². The summed E-state index contributed by atoms with van der Waals surface area (Å²) in [5.41, 5.74) is 5.57. The molecule has 0 aliphatic carbocycles. The number of nitrogens with zero attached hydrogens (tertiary/aromatic N) is 1. The van der Waals surface area contributed by atoms with Gasteiger partial charge in [0.1, 0.15) is 10.7 Å². The number of carbonyl (C=O) groups excluding carboxylic acids is 1. The molecule has 0 aromatic carbocycles. The monoisotopic (exact) mass is 288 g/mol. The minimum atomic E-state index is -0.297. The number of rotatable bonds is 4. The molecule has 1 amide bonds. The molecule has 0 spiro atoms. The number of anilines is 2. The Morgan fingerprint density at radius 3 is 2.67 bits per heavy atom. The van der Waals surface area contributed by atoms with Crippen LogP contribution in [0.3, 0.4) is 0 Å². The third-order valence-corrected chi connectivity index (χ3v) is 2.90. The largest absolute Gasteiger partial charge is 0.382 e. The van der Waals surface area contributed by atoms with Gasteiger partial charge in [-0.15, -0.1) is 0 Å². The van der Waals surface area contributed by atoms with E-state index in [1.165, 1.54) is 11.3 Å². The molecule has 18 heavy (non-hydrogen) atoms. The van der Waals surface area contributed by atoms with Gasteiger partial charge in [-0.25, -0.2) is 4.98 Å². The fraction of sp³-hybridized carbons (Fsp3) is 0.455. The summed E-state index contributed by atoms with van der Waals surface area (Å²) >= 11 is 6.79. The Morgan fingerprint density at radius 2 is 2.17 bits per heavy atom. The number of hydrogen-bond acceptors (Lipinski definition) is 5. The van der Waals surface area contributed by atoms with Crippen molar-refractivity contribution in [3.63, 3.8) is 0 Å². The molecular weight excluding hydrogens is 272 g/mol. The van der Waals surface area contributed by atoms with Crippen LogP contribution in [0.5, 0.6) is 0 Å². The second kappa shape index (κ2) is 5.58. The maximum Gasteiger partial charge on any atom is 0.265 e. The van der Waals surface area contributed by atoms with Crippen molar-refractivity contribution >= 4 is 39.8 Å². The number of halogens is 1. The highest BCUT2D eigenvalue weighted by Gasteiger charge is 2.18. The molecule has 0 radical (unpaired) electrons. The highest BCUT2D eigenvalue weighted by Crippen LogP contribution is 2.27. The molecule has 100 valence electrons. The van der Waals surface area contributed by atoms with Crippen LogP contribution in [-0.2, 0) is 0 Å². The van der Waals surface area contributed by atoms with Crippen LogP contribution in [0.4, 0.5) is 10.9 Å². The van der Waals surface area contributed by atoms with E-state index in [0.717, 1.165) is 0 Å². The number of carbonyl (C=O) groups is 1. The number of nitrogens with two attached hydrogens (primary N) is 1. The third kappa shape index (κ3) is 4.54. The zero-order valence-electron chi connectivity index (χ0n) is 10.6. The molecule has 1 rings (SSSR count). The Kier molecular flexibility index (Phi) is 4.59. The number of nitrogens with one attached hydrogen (secondary N) is 2. The van der Waals surface area contributed by atoms with Gasteiger partial charge in [-0.3, -0.25) is 4.79 Å². The van der Waals surface area contributed by atoms with E-state index in [-0.39, 0.29) is 23.8 Å². The molecular formula is C11H17ClN4OS. The fourth-order valence-electron chi connectivity index (χ4n) is 1.13. The quantitative estimate of drug-likeness (QED) is 0.795. The summed E-state index contributed by atoms with van der Waals surface area (Å²) in [5, 5.41) is 6.75. The van der Waals surface area contributed by atoms with Crippen molar-refractivity contribution in [2.24, 2.45) is 0 Å². The van der Waals surface area contributed by atoms with Gasteiger partial charge in [0.2, 0.25) is 0 Å². The Morgan fingerprint density at radius 1 is 1.56 bits per heavy atom. The molecule has 7 heteroatoms. The number of hydrogen-bond donors (Lipinski definition) is 3. The van der Waals surface area contributed by atoms with Crippen LogP contribution in [-0.4, -0.2) is 23.0 Å². The lowest BCUT2D eigenvalue weighted by atomic mass is 10.1. The first-order chi connectivity index (χ1) is 8.19. The van der Waals surface area contributed by atoms with Gasteiger partial charge in [0.25, 0.3) is 5.91 Å². The molecule has 0 atom stereocenters. The maximum atomic E-state index is 11.8. The lowest BCUT2D eigenvalue weighted by Crippen LogP contribution is -2.25. The Hall–Kier alpha value is -1.27. The average molecular weight is 289 g/mol. The molecule has 0 aliphatic rings. The van der Waals surface area contributed by atoms with Crippen molar-refractivity contribution < 1.29 is 4.79 Å². The number of aromatic nitrogens is 1. The number of thiazole rings is 1. The van der Waals surface area contributed by atoms with E-state index < -0.39 is 0 Å². The smallest absolute Gasteiger partial charge is 0.265 e. The first-order valence-corrected chi connectivity index (χ1v) is 6.54.